The van der Waals surface area contributed by atoms with Crippen molar-refractivity contribution in [3.05, 3.63) is 65.2 Å². The summed E-state index contributed by atoms with van der Waals surface area (Å²) in [6.07, 6.45) is 0. The number of fused-ring (bicyclic) bond motifs is 2. The SMILES string of the molecule is O=C1Nc2ccccc2/C1=C1/OCc2ccccc21. The van der Waals surface area contributed by atoms with Gasteiger partial charge in [-0.25, -0.2) is 0 Å². The monoisotopic (exact) mass is 249 g/mol. The molecule has 2 heterocycles. The number of rotatable bonds is 0. The molecule has 0 saturated heterocycles. The van der Waals surface area contributed by atoms with Crippen molar-refractivity contribution in [3.63, 3.8) is 0 Å². The zero-order valence-electron chi connectivity index (χ0n) is 10.1. The van der Waals surface area contributed by atoms with Crippen LogP contribution in [0, 0.1) is 0 Å². The number of hydrogen-bond acceptors (Lipinski definition) is 2. The molecule has 4 rings (SSSR count). The van der Waals surface area contributed by atoms with Gasteiger partial charge < -0.3 is 10.1 Å². The number of benzene rings is 2. The van der Waals surface area contributed by atoms with Crippen LogP contribution in [0.5, 0.6) is 0 Å². The topological polar surface area (TPSA) is 38.3 Å². The summed E-state index contributed by atoms with van der Waals surface area (Å²) in [5.41, 5.74) is 4.55. The Balaban J connectivity index is 1.99. The van der Waals surface area contributed by atoms with E-state index in [2.05, 4.69) is 5.32 Å². The Bertz CT molecular complexity index is 731. The molecule has 0 aromatic heterocycles. The van der Waals surface area contributed by atoms with Crippen molar-refractivity contribution < 1.29 is 9.53 Å². The summed E-state index contributed by atoms with van der Waals surface area (Å²) in [6.45, 7) is 0.532. The maximum atomic E-state index is 12.2. The number of nitrogens with one attached hydrogen (secondary N) is 1. The minimum Gasteiger partial charge on any atom is -0.487 e. The molecule has 1 amide bonds. The molecule has 0 atom stereocenters. The lowest BCUT2D eigenvalue weighted by molar-refractivity contribution is -0.110. The van der Waals surface area contributed by atoms with Crippen molar-refractivity contribution in [1.82, 2.24) is 0 Å². The molecule has 0 saturated carbocycles. The molecule has 92 valence electrons. The van der Waals surface area contributed by atoms with Gasteiger partial charge in [-0.05, 0) is 6.07 Å². The van der Waals surface area contributed by atoms with Crippen molar-refractivity contribution in [2.75, 3.05) is 5.32 Å². The number of ether oxygens (including phenoxy) is 1. The van der Waals surface area contributed by atoms with Crippen LogP contribution in [0.2, 0.25) is 0 Å². The van der Waals surface area contributed by atoms with Gasteiger partial charge in [0.25, 0.3) is 5.91 Å². The van der Waals surface area contributed by atoms with Gasteiger partial charge in [0, 0.05) is 22.4 Å². The number of carbonyl (C=O) groups is 1. The Morgan fingerprint density at radius 3 is 2.58 bits per heavy atom. The van der Waals surface area contributed by atoms with E-state index >= 15 is 0 Å². The maximum absolute atomic E-state index is 12.2. The molecule has 2 aromatic rings. The van der Waals surface area contributed by atoms with E-state index in [1.54, 1.807) is 0 Å². The van der Waals surface area contributed by atoms with Crippen LogP contribution in [0.1, 0.15) is 16.7 Å². The van der Waals surface area contributed by atoms with E-state index in [0.717, 1.165) is 22.4 Å². The van der Waals surface area contributed by atoms with E-state index in [0.29, 0.717) is 17.9 Å². The molecule has 0 spiro atoms. The highest BCUT2D eigenvalue weighted by atomic mass is 16.5. The van der Waals surface area contributed by atoms with Gasteiger partial charge in [0.15, 0.2) is 0 Å². The van der Waals surface area contributed by atoms with E-state index in [1.165, 1.54) is 0 Å². The van der Waals surface area contributed by atoms with Crippen molar-refractivity contribution in [3.8, 4) is 0 Å². The fraction of sp³-hybridized carbons (Fsp3) is 0.0625. The summed E-state index contributed by atoms with van der Waals surface area (Å²) in [6, 6.07) is 15.7. The van der Waals surface area contributed by atoms with Crippen LogP contribution in [0.4, 0.5) is 5.69 Å². The molecule has 0 unspecified atom stereocenters. The first-order valence-electron chi connectivity index (χ1n) is 6.21. The van der Waals surface area contributed by atoms with Gasteiger partial charge in [0.2, 0.25) is 0 Å². The first kappa shape index (κ1) is 10.4. The molecule has 0 bridgehead atoms. The maximum Gasteiger partial charge on any atom is 0.260 e. The van der Waals surface area contributed by atoms with Crippen LogP contribution in [0.3, 0.4) is 0 Å². The third-order valence-electron chi connectivity index (χ3n) is 3.53. The summed E-state index contributed by atoms with van der Waals surface area (Å²) < 4.78 is 5.75. The molecule has 0 aliphatic carbocycles. The largest absolute Gasteiger partial charge is 0.487 e. The van der Waals surface area contributed by atoms with Gasteiger partial charge in [0.1, 0.15) is 12.4 Å². The Morgan fingerprint density at radius 1 is 0.947 bits per heavy atom. The fourth-order valence-corrected chi connectivity index (χ4v) is 2.64. The number of hydrogen-bond donors (Lipinski definition) is 1. The molecule has 19 heavy (non-hydrogen) atoms. The minimum atomic E-state index is -0.0899. The Morgan fingerprint density at radius 2 is 1.68 bits per heavy atom. The molecule has 2 aliphatic heterocycles. The van der Waals surface area contributed by atoms with E-state index in [9.17, 15) is 4.79 Å². The summed E-state index contributed by atoms with van der Waals surface area (Å²) >= 11 is 0. The lowest BCUT2D eigenvalue weighted by Crippen LogP contribution is -2.05. The highest BCUT2D eigenvalue weighted by Crippen LogP contribution is 2.41. The van der Waals surface area contributed by atoms with Gasteiger partial charge in [-0.1, -0.05) is 42.5 Å². The number of para-hydroxylation sites is 1. The van der Waals surface area contributed by atoms with Crippen LogP contribution in [0.15, 0.2) is 48.5 Å². The second kappa shape index (κ2) is 3.72. The highest BCUT2D eigenvalue weighted by Gasteiger charge is 2.31. The Kier molecular flexibility index (Phi) is 2.03. The second-order valence-electron chi connectivity index (χ2n) is 4.65. The second-order valence-corrected chi connectivity index (χ2v) is 4.65. The molecule has 0 radical (unpaired) electrons. The molecule has 2 aliphatic rings. The molecule has 1 N–H and O–H groups in total. The van der Waals surface area contributed by atoms with Gasteiger partial charge >= 0.3 is 0 Å². The molecule has 2 aromatic carbocycles. The number of anilines is 1. The molecular weight excluding hydrogens is 238 g/mol. The molecule has 0 fully saturated rings. The molecule has 3 heteroatoms. The van der Waals surface area contributed by atoms with Gasteiger partial charge in [0.05, 0.1) is 5.57 Å². The molecular formula is C16H11NO2. The number of carbonyl (C=O) groups excluding carboxylic acids is 1. The van der Waals surface area contributed by atoms with Crippen LogP contribution in [0.25, 0.3) is 11.3 Å². The average Bonchev–Trinajstić information content (AvgIpc) is 2.98. The van der Waals surface area contributed by atoms with Crippen molar-refractivity contribution >= 4 is 22.9 Å². The average molecular weight is 249 g/mol. The zero-order chi connectivity index (χ0) is 12.8. The van der Waals surface area contributed by atoms with E-state index in [4.69, 9.17) is 4.74 Å². The van der Waals surface area contributed by atoms with Gasteiger partial charge in [-0.2, -0.15) is 0 Å². The number of amides is 1. The van der Waals surface area contributed by atoms with Crippen molar-refractivity contribution in [2.45, 2.75) is 6.61 Å². The molecule has 3 nitrogen and oxygen atoms in total. The van der Waals surface area contributed by atoms with Gasteiger partial charge in [-0.3, -0.25) is 4.79 Å². The lowest BCUT2D eigenvalue weighted by atomic mass is 10.0. The first-order valence-corrected chi connectivity index (χ1v) is 6.21. The van der Waals surface area contributed by atoms with Crippen molar-refractivity contribution in [1.29, 1.82) is 0 Å². The fourth-order valence-electron chi connectivity index (χ4n) is 2.64. The summed E-state index contributed by atoms with van der Waals surface area (Å²) in [5.74, 6) is 0.603. The third-order valence-corrected chi connectivity index (χ3v) is 3.53. The lowest BCUT2D eigenvalue weighted by Gasteiger charge is -2.04. The zero-order valence-corrected chi connectivity index (χ0v) is 10.1. The third kappa shape index (κ3) is 1.41. The normalized spacial score (nSPS) is 19.7. The van der Waals surface area contributed by atoms with Crippen LogP contribution in [-0.4, -0.2) is 5.91 Å². The summed E-state index contributed by atoms with van der Waals surface area (Å²) in [4.78, 5) is 12.2. The predicted molar refractivity (Wildman–Crippen MR) is 73.1 cm³/mol. The highest BCUT2D eigenvalue weighted by molar-refractivity contribution is 6.36. The quantitative estimate of drug-likeness (QED) is 0.729. The first-order chi connectivity index (χ1) is 9.34. The minimum absolute atomic E-state index is 0.0899. The summed E-state index contributed by atoms with van der Waals surface area (Å²) in [7, 11) is 0. The van der Waals surface area contributed by atoms with Gasteiger partial charge in [-0.15, -0.1) is 0 Å². The summed E-state index contributed by atoms with van der Waals surface area (Å²) in [5, 5.41) is 2.88. The van der Waals surface area contributed by atoms with Crippen LogP contribution < -0.4 is 5.32 Å². The van der Waals surface area contributed by atoms with E-state index in [1.807, 2.05) is 48.5 Å². The Hall–Kier alpha value is -2.55. The van der Waals surface area contributed by atoms with Crippen LogP contribution >= 0.6 is 0 Å². The Labute approximate surface area is 110 Å². The standard InChI is InChI=1S/C16H11NO2/c18-16-14(12-7-3-4-8-13(12)17-16)15-11-6-2-1-5-10(11)9-19-15/h1-8H,9H2,(H,17,18)/b15-14-. The van der Waals surface area contributed by atoms with E-state index in [-0.39, 0.29) is 5.91 Å². The smallest absolute Gasteiger partial charge is 0.260 e. The van der Waals surface area contributed by atoms with Crippen LogP contribution in [-0.2, 0) is 16.1 Å². The van der Waals surface area contributed by atoms with Crippen molar-refractivity contribution in [2.24, 2.45) is 0 Å². The van der Waals surface area contributed by atoms with E-state index < -0.39 is 0 Å². The predicted octanol–water partition coefficient (Wildman–Crippen LogP) is 3.04.